The van der Waals surface area contributed by atoms with Crippen LogP contribution in [0.15, 0.2) is 0 Å². The normalized spacial score (nSPS) is 44.1. The van der Waals surface area contributed by atoms with E-state index in [2.05, 4.69) is 10.6 Å². The monoisotopic (exact) mass is 280 g/mol. The molecule has 0 spiro atoms. The van der Waals surface area contributed by atoms with Gasteiger partial charge in [-0.15, -0.1) is 11.8 Å². The summed E-state index contributed by atoms with van der Waals surface area (Å²) < 4.78 is 0. The molecule has 4 fully saturated rings. The van der Waals surface area contributed by atoms with Gasteiger partial charge in [0, 0.05) is 11.3 Å². The van der Waals surface area contributed by atoms with Crippen LogP contribution in [0.4, 0.5) is 0 Å². The van der Waals surface area contributed by atoms with Crippen LogP contribution in [0.1, 0.15) is 32.1 Å². The summed E-state index contributed by atoms with van der Waals surface area (Å²) >= 11 is 1.87. The molecule has 4 aliphatic rings. The second-order valence-corrected chi connectivity index (χ2v) is 8.13. The summed E-state index contributed by atoms with van der Waals surface area (Å²) in [5.41, 5.74) is 0. The Morgan fingerprint density at radius 1 is 1.11 bits per heavy atom. The molecule has 0 aromatic rings. The van der Waals surface area contributed by atoms with Gasteiger partial charge in [-0.2, -0.15) is 0 Å². The molecule has 2 N–H and O–H groups in total. The van der Waals surface area contributed by atoms with Gasteiger partial charge in [-0.05, 0) is 68.9 Å². The summed E-state index contributed by atoms with van der Waals surface area (Å²) in [6.45, 7) is 2.24. The van der Waals surface area contributed by atoms with Crippen LogP contribution in [0.2, 0.25) is 0 Å². The quantitative estimate of drug-likeness (QED) is 0.822. The number of nitrogens with one attached hydrogen (secondary N) is 2. The van der Waals surface area contributed by atoms with Gasteiger partial charge in [0.1, 0.15) is 0 Å². The fourth-order valence-electron chi connectivity index (χ4n) is 4.90. The number of carbonyl (C=O) groups excluding carboxylic acids is 1. The Hall–Kier alpha value is -0.220. The zero-order chi connectivity index (χ0) is 12.8. The summed E-state index contributed by atoms with van der Waals surface area (Å²) in [5.74, 6) is 4.62. The molecule has 4 unspecified atom stereocenters. The maximum absolute atomic E-state index is 12.1. The van der Waals surface area contributed by atoms with Crippen molar-refractivity contribution >= 4 is 17.7 Å². The number of rotatable bonds is 4. The lowest BCUT2D eigenvalue weighted by molar-refractivity contribution is -0.118. The predicted octanol–water partition coefficient (Wildman–Crippen LogP) is 1.63. The van der Waals surface area contributed by atoms with Crippen molar-refractivity contribution in [3.05, 3.63) is 0 Å². The third kappa shape index (κ3) is 2.31. The van der Waals surface area contributed by atoms with E-state index < -0.39 is 0 Å². The molecule has 0 radical (unpaired) electrons. The zero-order valence-electron chi connectivity index (χ0n) is 11.4. The van der Waals surface area contributed by atoms with Crippen LogP contribution in [0.5, 0.6) is 0 Å². The number of thioether (sulfide) groups is 1. The predicted molar refractivity (Wildman–Crippen MR) is 78.1 cm³/mol. The van der Waals surface area contributed by atoms with Crippen molar-refractivity contribution in [2.75, 3.05) is 18.8 Å². The largest absolute Gasteiger partial charge is 0.352 e. The zero-order valence-corrected chi connectivity index (χ0v) is 12.3. The van der Waals surface area contributed by atoms with Crippen molar-refractivity contribution in [3.8, 4) is 0 Å². The lowest BCUT2D eigenvalue weighted by atomic mass is 10.0. The van der Waals surface area contributed by atoms with Gasteiger partial charge in [0.05, 0.1) is 5.75 Å². The first-order chi connectivity index (χ1) is 9.33. The number of fused-ring (bicyclic) bond motifs is 5. The van der Waals surface area contributed by atoms with Gasteiger partial charge in [0.25, 0.3) is 0 Å². The number of amides is 1. The Bertz CT molecular complexity index is 353. The van der Waals surface area contributed by atoms with Gasteiger partial charge in [0.2, 0.25) is 5.91 Å². The van der Waals surface area contributed by atoms with Gasteiger partial charge in [0.15, 0.2) is 0 Å². The van der Waals surface area contributed by atoms with Gasteiger partial charge >= 0.3 is 0 Å². The Kier molecular flexibility index (Phi) is 3.27. The van der Waals surface area contributed by atoms with Crippen LogP contribution < -0.4 is 10.6 Å². The lowest BCUT2D eigenvalue weighted by Gasteiger charge is -2.21. The summed E-state index contributed by atoms with van der Waals surface area (Å²) in [4.78, 5) is 12.1. The number of hydrogen-bond acceptors (Lipinski definition) is 3. The van der Waals surface area contributed by atoms with Crippen LogP contribution in [0.25, 0.3) is 0 Å². The maximum atomic E-state index is 12.1. The second-order valence-electron chi connectivity index (χ2n) is 6.84. The molecule has 3 saturated carbocycles. The van der Waals surface area contributed by atoms with Crippen LogP contribution >= 0.6 is 11.8 Å². The highest BCUT2D eigenvalue weighted by atomic mass is 32.2. The van der Waals surface area contributed by atoms with Gasteiger partial charge in [-0.3, -0.25) is 4.79 Å². The van der Waals surface area contributed by atoms with Gasteiger partial charge < -0.3 is 10.6 Å². The van der Waals surface area contributed by atoms with Crippen molar-refractivity contribution in [1.29, 1.82) is 0 Å². The molecule has 4 heteroatoms. The first kappa shape index (κ1) is 12.5. The Balaban J connectivity index is 1.21. The first-order valence-corrected chi connectivity index (χ1v) is 8.99. The standard InChI is InChI=1S/C15H24N2OS/c18-12(8-19-11-3-5-16-6-4-11)17-15-13-9-1-2-10(7-9)14(13)15/h9-11,13-16H,1-8H2,(H,17,18). The Morgan fingerprint density at radius 2 is 1.79 bits per heavy atom. The van der Waals surface area contributed by atoms with Crippen molar-refractivity contribution in [1.82, 2.24) is 10.6 Å². The highest BCUT2D eigenvalue weighted by molar-refractivity contribution is 8.00. The molecule has 4 rings (SSSR count). The van der Waals surface area contributed by atoms with E-state index in [-0.39, 0.29) is 0 Å². The van der Waals surface area contributed by atoms with E-state index in [1.807, 2.05) is 11.8 Å². The van der Waals surface area contributed by atoms with Crippen LogP contribution in [0, 0.1) is 23.7 Å². The fraction of sp³-hybridized carbons (Fsp3) is 0.933. The molecule has 4 atom stereocenters. The molecule has 3 nitrogen and oxygen atoms in total. The first-order valence-electron chi connectivity index (χ1n) is 7.94. The van der Waals surface area contributed by atoms with E-state index in [9.17, 15) is 4.79 Å². The molecular weight excluding hydrogens is 256 g/mol. The number of piperidine rings is 1. The van der Waals surface area contributed by atoms with Crippen LogP contribution in [-0.2, 0) is 4.79 Å². The molecule has 0 aromatic heterocycles. The summed E-state index contributed by atoms with van der Waals surface area (Å²) in [5, 5.41) is 7.39. The number of carbonyl (C=O) groups is 1. The highest BCUT2D eigenvalue weighted by Crippen LogP contribution is 2.65. The fourth-order valence-corrected chi connectivity index (χ4v) is 5.94. The molecule has 1 saturated heterocycles. The average molecular weight is 280 g/mol. The Labute approximate surface area is 119 Å². The molecule has 2 bridgehead atoms. The summed E-state index contributed by atoms with van der Waals surface area (Å²) in [7, 11) is 0. The van der Waals surface area contributed by atoms with E-state index in [4.69, 9.17) is 0 Å². The van der Waals surface area contributed by atoms with E-state index in [1.165, 1.54) is 32.1 Å². The van der Waals surface area contributed by atoms with Crippen molar-refractivity contribution in [2.45, 2.75) is 43.4 Å². The smallest absolute Gasteiger partial charge is 0.230 e. The third-order valence-corrected chi connectivity index (χ3v) is 7.17. The van der Waals surface area contributed by atoms with Crippen LogP contribution in [0.3, 0.4) is 0 Å². The molecule has 1 amide bonds. The molecule has 1 aliphatic heterocycles. The van der Waals surface area contributed by atoms with Crippen molar-refractivity contribution < 1.29 is 4.79 Å². The Morgan fingerprint density at radius 3 is 2.47 bits per heavy atom. The average Bonchev–Trinajstić information content (AvgIpc) is 2.85. The second kappa shape index (κ2) is 4.96. The minimum absolute atomic E-state index is 0.294. The SMILES string of the molecule is O=C(CSC1CCNCC1)NC1C2C3CCC(C3)C12. The highest BCUT2D eigenvalue weighted by Gasteiger charge is 2.65. The van der Waals surface area contributed by atoms with Gasteiger partial charge in [-0.1, -0.05) is 0 Å². The van der Waals surface area contributed by atoms with Crippen LogP contribution in [-0.4, -0.2) is 36.0 Å². The summed E-state index contributed by atoms with van der Waals surface area (Å²) in [6.07, 6.45) is 6.77. The van der Waals surface area contributed by atoms with E-state index >= 15 is 0 Å². The topological polar surface area (TPSA) is 41.1 Å². The minimum Gasteiger partial charge on any atom is -0.352 e. The van der Waals surface area contributed by atoms with E-state index in [0.29, 0.717) is 23.0 Å². The lowest BCUT2D eigenvalue weighted by Crippen LogP contribution is -2.33. The molecular formula is C15H24N2OS. The van der Waals surface area contributed by atoms with E-state index in [0.717, 1.165) is 36.8 Å². The van der Waals surface area contributed by atoms with Gasteiger partial charge in [-0.25, -0.2) is 0 Å². The molecule has 19 heavy (non-hydrogen) atoms. The van der Waals surface area contributed by atoms with Crippen molar-refractivity contribution in [2.24, 2.45) is 23.7 Å². The minimum atomic E-state index is 0.294. The third-order valence-electron chi connectivity index (χ3n) is 5.80. The molecule has 106 valence electrons. The van der Waals surface area contributed by atoms with E-state index in [1.54, 1.807) is 0 Å². The summed E-state index contributed by atoms with van der Waals surface area (Å²) in [6, 6.07) is 0.562. The molecule has 1 heterocycles. The van der Waals surface area contributed by atoms with Crippen molar-refractivity contribution in [3.63, 3.8) is 0 Å². The maximum Gasteiger partial charge on any atom is 0.230 e. The molecule has 3 aliphatic carbocycles. The number of hydrogen-bond donors (Lipinski definition) is 2. The molecule has 0 aromatic carbocycles.